The van der Waals surface area contributed by atoms with E-state index in [1.54, 1.807) is 11.5 Å². The Morgan fingerprint density at radius 3 is 2.59 bits per heavy atom. The highest BCUT2D eigenvalue weighted by Crippen LogP contribution is 2.22. The quantitative estimate of drug-likeness (QED) is 0.565. The zero-order chi connectivity index (χ0) is 20.0. The van der Waals surface area contributed by atoms with Crippen molar-refractivity contribution in [2.75, 3.05) is 32.1 Å². The molecule has 1 amide bonds. The maximum absolute atomic E-state index is 14.4. The maximum Gasteiger partial charge on any atom is 0.407 e. The van der Waals surface area contributed by atoms with Gasteiger partial charge in [0.2, 0.25) is 5.43 Å². The van der Waals surface area contributed by atoms with Crippen molar-refractivity contribution in [1.82, 2.24) is 9.88 Å². The SMILES string of the molecule is CCOC(=O)NCCNc1cc2c(cc1F)c(=O)c(C(=O)OC)cn2CC. The molecule has 1 aromatic carbocycles. The summed E-state index contributed by atoms with van der Waals surface area (Å²) in [6, 6.07) is 2.60. The monoisotopic (exact) mass is 379 g/mol. The minimum absolute atomic E-state index is 0.0902. The first-order valence-electron chi connectivity index (χ1n) is 8.52. The molecule has 9 heteroatoms. The molecule has 1 heterocycles. The van der Waals surface area contributed by atoms with Crippen molar-refractivity contribution < 1.29 is 23.5 Å². The molecule has 0 saturated carbocycles. The zero-order valence-corrected chi connectivity index (χ0v) is 15.4. The minimum Gasteiger partial charge on any atom is -0.465 e. The van der Waals surface area contributed by atoms with Crippen molar-refractivity contribution >= 4 is 28.7 Å². The van der Waals surface area contributed by atoms with Crippen molar-refractivity contribution in [3.63, 3.8) is 0 Å². The molecule has 2 N–H and O–H groups in total. The van der Waals surface area contributed by atoms with Gasteiger partial charge in [0, 0.05) is 31.2 Å². The summed E-state index contributed by atoms with van der Waals surface area (Å²) < 4.78 is 25.4. The summed E-state index contributed by atoms with van der Waals surface area (Å²) in [6.45, 7) is 4.76. The Bertz CT molecular complexity index is 910. The van der Waals surface area contributed by atoms with Gasteiger partial charge in [0.05, 0.1) is 24.9 Å². The van der Waals surface area contributed by atoms with Crippen LogP contribution in [0, 0.1) is 5.82 Å². The predicted molar refractivity (Wildman–Crippen MR) is 98.7 cm³/mol. The van der Waals surface area contributed by atoms with E-state index in [0.717, 1.165) is 6.07 Å². The number of hydrogen-bond acceptors (Lipinski definition) is 6. The van der Waals surface area contributed by atoms with Crippen LogP contribution < -0.4 is 16.1 Å². The van der Waals surface area contributed by atoms with E-state index < -0.39 is 23.3 Å². The van der Waals surface area contributed by atoms with Gasteiger partial charge in [0.15, 0.2) is 0 Å². The Hall–Kier alpha value is -3.10. The fraction of sp³-hybridized carbons (Fsp3) is 0.389. The van der Waals surface area contributed by atoms with Crippen molar-refractivity contribution in [3.8, 4) is 0 Å². The number of ether oxygens (including phenoxy) is 2. The number of aromatic nitrogens is 1. The highest BCUT2D eigenvalue weighted by molar-refractivity contribution is 5.94. The number of anilines is 1. The van der Waals surface area contributed by atoms with Crippen molar-refractivity contribution in [3.05, 3.63) is 39.9 Å². The van der Waals surface area contributed by atoms with Crippen molar-refractivity contribution in [2.24, 2.45) is 0 Å². The van der Waals surface area contributed by atoms with E-state index in [2.05, 4.69) is 15.4 Å². The molecular weight excluding hydrogens is 357 g/mol. The molecule has 146 valence electrons. The second kappa shape index (κ2) is 9.02. The van der Waals surface area contributed by atoms with Gasteiger partial charge in [0.25, 0.3) is 0 Å². The molecule has 0 bridgehead atoms. The molecule has 0 atom stereocenters. The van der Waals surface area contributed by atoms with E-state index in [1.165, 1.54) is 19.4 Å². The van der Waals surface area contributed by atoms with Crippen LogP contribution in [0.15, 0.2) is 23.1 Å². The molecule has 0 saturated heterocycles. The van der Waals surface area contributed by atoms with Gasteiger partial charge in [-0.3, -0.25) is 4.79 Å². The van der Waals surface area contributed by atoms with Crippen LogP contribution >= 0.6 is 0 Å². The number of benzene rings is 1. The largest absolute Gasteiger partial charge is 0.465 e. The van der Waals surface area contributed by atoms with Crippen LogP contribution in [0.1, 0.15) is 24.2 Å². The first-order valence-corrected chi connectivity index (χ1v) is 8.52. The molecule has 0 spiro atoms. The second-order valence-corrected chi connectivity index (χ2v) is 5.57. The van der Waals surface area contributed by atoms with E-state index in [4.69, 9.17) is 4.74 Å². The molecule has 0 aliphatic heterocycles. The third kappa shape index (κ3) is 4.55. The minimum atomic E-state index is -0.767. The Morgan fingerprint density at radius 2 is 1.96 bits per heavy atom. The molecule has 8 nitrogen and oxygen atoms in total. The summed E-state index contributed by atoms with van der Waals surface area (Å²) in [6.07, 6.45) is 0.856. The van der Waals surface area contributed by atoms with E-state index in [9.17, 15) is 18.8 Å². The van der Waals surface area contributed by atoms with Crippen LogP contribution in [0.3, 0.4) is 0 Å². The number of nitrogens with one attached hydrogen (secondary N) is 2. The standard InChI is InChI=1S/C18H22FN3O5/c1-4-22-10-12(17(24)26-3)16(23)11-8-13(19)14(9-15(11)22)20-6-7-21-18(25)27-5-2/h8-10,20H,4-7H2,1-3H3,(H,21,25). The van der Waals surface area contributed by atoms with Gasteiger partial charge in [-0.25, -0.2) is 14.0 Å². The molecule has 0 unspecified atom stereocenters. The summed E-state index contributed by atoms with van der Waals surface area (Å²) in [4.78, 5) is 35.5. The zero-order valence-electron chi connectivity index (χ0n) is 15.4. The predicted octanol–water partition coefficient (Wildman–Crippen LogP) is 2.11. The third-order valence-corrected chi connectivity index (χ3v) is 3.90. The number of methoxy groups -OCH3 is 1. The van der Waals surface area contributed by atoms with Crippen LogP contribution in [0.25, 0.3) is 10.9 Å². The number of fused-ring (bicyclic) bond motifs is 1. The number of alkyl carbamates (subject to hydrolysis) is 1. The Labute approximate surface area is 155 Å². The summed E-state index contributed by atoms with van der Waals surface area (Å²) in [5, 5.41) is 5.48. The third-order valence-electron chi connectivity index (χ3n) is 3.90. The number of aryl methyl sites for hydroxylation is 1. The van der Waals surface area contributed by atoms with Crippen LogP contribution in [0.5, 0.6) is 0 Å². The number of esters is 1. The number of hydrogen-bond donors (Lipinski definition) is 2. The highest BCUT2D eigenvalue weighted by atomic mass is 19.1. The molecule has 2 rings (SSSR count). The van der Waals surface area contributed by atoms with Gasteiger partial charge in [0.1, 0.15) is 11.4 Å². The first-order chi connectivity index (χ1) is 12.9. The van der Waals surface area contributed by atoms with Crippen LogP contribution in [-0.2, 0) is 16.0 Å². The molecule has 27 heavy (non-hydrogen) atoms. The van der Waals surface area contributed by atoms with Gasteiger partial charge in [-0.05, 0) is 26.0 Å². The lowest BCUT2D eigenvalue weighted by Crippen LogP contribution is -2.29. The van der Waals surface area contributed by atoms with E-state index >= 15 is 0 Å². The van der Waals surface area contributed by atoms with Crippen LogP contribution in [0.2, 0.25) is 0 Å². The Balaban J connectivity index is 2.30. The first kappa shape index (κ1) is 20.2. The average molecular weight is 379 g/mol. The topological polar surface area (TPSA) is 98.7 Å². The molecule has 0 radical (unpaired) electrons. The Morgan fingerprint density at radius 1 is 1.22 bits per heavy atom. The summed E-state index contributed by atoms with van der Waals surface area (Å²) in [5.41, 5.74) is -0.0699. The van der Waals surface area contributed by atoms with Crippen LogP contribution in [0.4, 0.5) is 14.9 Å². The average Bonchev–Trinajstić information content (AvgIpc) is 2.66. The van der Waals surface area contributed by atoms with Gasteiger partial charge >= 0.3 is 12.1 Å². The summed E-state index contributed by atoms with van der Waals surface area (Å²) in [7, 11) is 1.18. The molecule has 1 aromatic heterocycles. The number of amides is 1. The molecule has 2 aromatic rings. The molecule has 0 aliphatic carbocycles. The van der Waals surface area contributed by atoms with Gasteiger partial charge in [-0.2, -0.15) is 0 Å². The van der Waals surface area contributed by atoms with Crippen molar-refractivity contribution in [2.45, 2.75) is 20.4 Å². The normalized spacial score (nSPS) is 10.5. The lowest BCUT2D eigenvalue weighted by molar-refractivity contribution is 0.0598. The van der Waals surface area contributed by atoms with Crippen LogP contribution in [-0.4, -0.2) is 43.4 Å². The highest BCUT2D eigenvalue weighted by Gasteiger charge is 2.17. The maximum atomic E-state index is 14.4. The van der Waals surface area contributed by atoms with E-state index in [0.29, 0.717) is 12.1 Å². The lowest BCUT2D eigenvalue weighted by Gasteiger charge is -2.14. The molecular formula is C18H22FN3O5. The van der Waals surface area contributed by atoms with Gasteiger partial charge in [-0.1, -0.05) is 0 Å². The number of carbonyl (C=O) groups excluding carboxylic acids is 2. The number of carbonyl (C=O) groups is 2. The summed E-state index contributed by atoms with van der Waals surface area (Å²) in [5.74, 6) is -1.41. The molecule has 0 fully saturated rings. The van der Waals surface area contributed by atoms with Gasteiger partial charge < -0.3 is 24.7 Å². The number of halogens is 1. The number of rotatable bonds is 7. The van der Waals surface area contributed by atoms with Crippen molar-refractivity contribution in [1.29, 1.82) is 0 Å². The van der Waals surface area contributed by atoms with E-state index in [-0.39, 0.29) is 36.3 Å². The number of nitrogens with zero attached hydrogens (tertiary/aromatic N) is 1. The number of pyridine rings is 1. The Kier molecular flexibility index (Phi) is 6.75. The fourth-order valence-electron chi connectivity index (χ4n) is 2.61. The second-order valence-electron chi connectivity index (χ2n) is 5.57. The molecule has 0 aliphatic rings. The van der Waals surface area contributed by atoms with Gasteiger partial charge in [-0.15, -0.1) is 0 Å². The smallest absolute Gasteiger partial charge is 0.407 e. The van der Waals surface area contributed by atoms with E-state index in [1.807, 2.05) is 6.92 Å². The lowest BCUT2D eigenvalue weighted by atomic mass is 10.1. The summed E-state index contributed by atoms with van der Waals surface area (Å²) >= 11 is 0. The fourth-order valence-corrected chi connectivity index (χ4v) is 2.61.